The molecular formula is C34H32F4N6O3. The molecule has 2 heterocycles. The number of nitrogens with zero attached hydrogens (tertiary/aromatic N) is 4. The summed E-state index contributed by atoms with van der Waals surface area (Å²) in [5.74, 6) is -3.38. The molecule has 3 aromatic carbocycles. The third kappa shape index (κ3) is 7.25. The molecule has 0 aliphatic carbocycles. The molecule has 1 aliphatic heterocycles. The second-order valence-corrected chi connectivity index (χ2v) is 11.2. The maximum absolute atomic E-state index is 15.2. The van der Waals surface area contributed by atoms with Crippen molar-refractivity contribution in [2.75, 3.05) is 37.4 Å². The van der Waals surface area contributed by atoms with Gasteiger partial charge in [-0.2, -0.15) is 18.3 Å². The zero-order chi connectivity index (χ0) is 33.9. The number of anilines is 2. The molecular weight excluding hydrogens is 616 g/mol. The molecule has 2 atom stereocenters. The molecule has 0 radical (unpaired) electrons. The van der Waals surface area contributed by atoms with Crippen molar-refractivity contribution in [1.29, 1.82) is 0 Å². The zero-order valence-corrected chi connectivity index (χ0v) is 25.8. The van der Waals surface area contributed by atoms with E-state index in [4.69, 9.17) is 0 Å². The standard InChI is InChI=1S/C34H32F4N6O3/c1-4-43-32-27(20-39-44(32)26-12-6-5-7-13-26)29(22-17-24(35)19-25(18-22)40-28(45)14-9-15-42(2)3)30(33(43)47)41-31(46)21-10-8-11-23(16-21)34(36,37)38/h5-14,16-20,29-30H,4,15H2,1-3H3,(H,40,45)(H,41,46)/b14-9+/t29-,30-/m0/s1. The molecule has 5 rings (SSSR count). The number of fused-ring (bicyclic) bond motifs is 1. The number of nitrogens with one attached hydrogen (secondary N) is 2. The van der Waals surface area contributed by atoms with Gasteiger partial charge < -0.3 is 15.5 Å². The van der Waals surface area contributed by atoms with Gasteiger partial charge in [-0.1, -0.05) is 30.3 Å². The largest absolute Gasteiger partial charge is 0.416 e. The summed E-state index contributed by atoms with van der Waals surface area (Å²) < 4.78 is 57.1. The number of carbonyl (C=O) groups is 3. The molecule has 4 aromatic rings. The van der Waals surface area contributed by atoms with Crippen LogP contribution in [0.25, 0.3) is 5.69 Å². The van der Waals surface area contributed by atoms with E-state index in [9.17, 15) is 27.6 Å². The van der Waals surface area contributed by atoms with Crippen molar-refractivity contribution in [1.82, 2.24) is 20.0 Å². The number of alkyl halides is 3. The van der Waals surface area contributed by atoms with Crippen LogP contribution in [0.4, 0.5) is 29.1 Å². The molecule has 1 aliphatic rings. The van der Waals surface area contributed by atoms with Crippen LogP contribution in [0.2, 0.25) is 0 Å². The first-order valence-electron chi connectivity index (χ1n) is 14.7. The Bertz CT molecular complexity index is 1820. The first-order valence-corrected chi connectivity index (χ1v) is 14.7. The van der Waals surface area contributed by atoms with Gasteiger partial charge >= 0.3 is 6.18 Å². The van der Waals surface area contributed by atoms with Crippen LogP contribution < -0.4 is 15.5 Å². The van der Waals surface area contributed by atoms with E-state index in [1.165, 1.54) is 35.4 Å². The van der Waals surface area contributed by atoms with E-state index in [1.54, 1.807) is 41.9 Å². The molecule has 0 saturated carbocycles. The number of benzene rings is 3. The highest BCUT2D eigenvalue weighted by Gasteiger charge is 2.44. The fourth-order valence-electron chi connectivity index (χ4n) is 5.50. The van der Waals surface area contributed by atoms with Crippen molar-refractivity contribution in [3.05, 3.63) is 119 Å². The smallest absolute Gasteiger partial charge is 0.339 e. The lowest BCUT2D eigenvalue weighted by molar-refractivity contribution is -0.137. The van der Waals surface area contributed by atoms with Crippen LogP contribution in [0, 0.1) is 5.82 Å². The summed E-state index contributed by atoms with van der Waals surface area (Å²) in [5.41, 5.74) is 0.0929. The average Bonchev–Trinajstić information content (AvgIpc) is 3.45. The maximum atomic E-state index is 15.2. The number of para-hydroxylation sites is 1. The monoisotopic (exact) mass is 648 g/mol. The predicted octanol–water partition coefficient (Wildman–Crippen LogP) is 5.38. The number of hydrogen-bond donors (Lipinski definition) is 2. The minimum absolute atomic E-state index is 0.102. The van der Waals surface area contributed by atoms with Gasteiger partial charge in [0.05, 0.1) is 17.4 Å². The third-order valence-electron chi connectivity index (χ3n) is 7.57. The Morgan fingerprint density at radius 3 is 2.45 bits per heavy atom. The van der Waals surface area contributed by atoms with Crippen LogP contribution in [0.3, 0.4) is 0 Å². The van der Waals surface area contributed by atoms with Gasteiger partial charge in [0.2, 0.25) is 5.91 Å². The van der Waals surface area contributed by atoms with Gasteiger partial charge in [-0.25, -0.2) is 9.07 Å². The quantitative estimate of drug-likeness (QED) is 0.188. The molecule has 2 N–H and O–H groups in total. The summed E-state index contributed by atoms with van der Waals surface area (Å²) in [6.07, 6.45) is -0.228. The second kappa shape index (κ2) is 13.6. The molecule has 244 valence electrons. The fourth-order valence-corrected chi connectivity index (χ4v) is 5.50. The minimum atomic E-state index is -4.69. The number of aromatic nitrogens is 2. The van der Waals surface area contributed by atoms with Gasteiger partial charge in [-0.3, -0.25) is 19.3 Å². The van der Waals surface area contributed by atoms with E-state index in [2.05, 4.69) is 15.7 Å². The predicted molar refractivity (Wildman–Crippen MR) is 169 cm³/mol. The minimum Gasteiger partial charge on any atom is -0.339 e. The van der Waals surface area contributed by atoms with Crippen molar-refractivity contribution in [3.8, 4) is 5.69 Å². The van der Waals surface area contributed by atoms with E-state index in [0.29, 0.717) is 29.7 Å². The van der Waals surface area contributed by atoms with Gasteiger partial charge in [0, 0.05) is 41.9 Å². The highest BCUT2D eigenvalue weighted by atomic mass is 19.4. The molecule has 0 spiro atoms. The number of halogens is 4. The van der Waals surface area contributed by atoms with Gasteiger partial charge in [-0.15, -0.1) is 0 Å². The van der Waals surface area contributed by atoms with Crippen molar-refractivity contribution in [3.63, 3.8) is 0 Å². The molecule has 0 bridgehead atoms. The molecule has 3 amide bonds. The second-order valence-electron chi connectivity index (χ2n) is 11.2. The lowest BCUT2D eigenvalue weighted by Crippen LogP contribution is -2.55. The van der Waals surface area contributed by atoms with Crippen LogP contribution in [0.5, 0.6) is 0 Å². The zero-order valence-electron chi connectivity index (χ0n) is 25.8. The summed E-state index contributed by atoms with van der Waals surface area (Å²) >= 11 is 0. The van der Waals surface area contributed by atoms with E-state index < -0.39 is 47.2 Å². The molecule has 0 unspecified atom stereocenters. The number of hydrogen-bond acceptors (Lipinski definition) is 5. The summed E-state index contributed by atoms with van der Waals surface area (Å²) in [7, 11) is 3.67. The molecule has 13 heteroatoms. The normalized spacial score (nSPS) is 16.4. The topological polar surface area (TPSA) is 99.6 Å². The summed E-state index contributed by atoms with van der Waals surface area (Å²) in [4.78, 5) is 43.5. The van der Waals surface area contributed by atoms with E-state index in [0.717, 1.165) is 18.2 Å². The Labute approximate surface area is 268 Å². The third-order valence-corrected chi connectivity index (χ3v) is 7.57. The van der Waals surface area contributed by atoms with E-state index in [1.807, 2.05) is 25.1 Å². The van der Waals surface area contributed by atoms with Crippen LogP contribution in [-0.2, 0) is 15.8 Å². The Morgan fingerprint density at radius 1 is 1.02 bits per heavy atom. The molecule has 1 aromatic heterocycles. The summed E-state index contributed by atoms with van der Waals surface area (Å²) in [6.45, 7) is 2.40. The van der Waals surface area contributed by atoms with Gasteiger partial charge in [-0.05, 0) is 75.1 Å². The Kier molecular flexibility index (Phi) is 9.56. The fraction of sp³-hybridized carbons (Fsp3) is 0.235. The Morgan fingerprint density at radius 2 is 1.77 bits per heavy atom. The van der Waals surface area contributed by atoms with Crippen molar-refractivity contribution in [2.45, 2.75) is 25.1 Å². The van der Waals surface area contributed by atoms with Crippen molar-refractivity contribution >= 4 is 29.2 Å². The van der Waals surface area contributed by atoms with Gasteiger partial charge in [0.15, 0.2) is 0 Å². The van der Waals surface area contributed by atoms with Crippen LogP contribution in [0.15, 0.2) is 91.1 Å². The van der Waals surface area contributed by atoms with Crippen LogP contribution in [-0.4, -0.2) is 65.6 Å². The van der Waals surface area contributed by atoms with Crippen LogP contribution >= 0.6 is 0 Å². The number of carbonyl (C=O) groups excluding carboxylic acids is 3. The van der Waals surface area contributed by atoms with Crippen LogP contribution in [0.1, 0.15) is 39.9 Å². The SMILES string of the molecule is CCN1C(=O)[C@@H](NC(=O)c2cccc(C(F)(F)F)c2)[C@@H](c2cc(F)cc(NC(=O)/C=C/CN(C)C)c2)c2cnn(-c3ccccc3)c21. The molecule has 0 saturated heterocycles. The van der Waals surface area contributed by atoms with E-state index >= 15 is 4.39 Å². The average molecular weight is 649 g/mol. The van der Waals surface area contributed by atoms with E-state index in [-0.39, 0.29) is 23.4 Å². The van der Waals surface area contributed by atoms with Gasteiger partial charge in [0.25, 0.3) is 11.8 Å². The first kappa shape index (κ1) is 33.1. The summed E-state index contributed by atoms with van der Waals surface area (Å²) in [6, 6.07) is 15.3. The molecule has 9 nitrogen and oxygen atoms in total. The lowest BCUT2D eigenvalue weighted by Gasteiger charge is -2.38. The number of rotatable bonds is 9. The van der Waals surface area contributed by atoms with Crippen molar-refractivity contribution < 1.29 is 31.9 Å². The van der Waals surface area contributed by atoms with Crippen molar-refractivity contribution in [2.24, 2.45) is 0 Å². The molecule has 0 fully saturated rings. The molecule has 47 heavy (non-hydrogen) atoms. The first-order chi connectivity index (χ1) is 22.4. The highest BCUT2D eigenvalue weighted by molar-refractivity contribution is 6.05. The highest BCUT2D eigenvalue weighted by Crippen LogP contribution is 2.42. The Hall–Kier alpha value is -5.30. The summed E-state index contributed by atoms with van der Waals surface area (Å²) in [5, 5.41) is 9.79. The number of amides is 3. The maximum Gasteiger partial charge on any atom is 0.416 e. The van der Waals surface area contributed by atoms with Gasteiger partial charge in [0.1, 0.15) is 17.7 Å². The Balaban J connectivity index is 1.61. The number of likely N-dealkylation sites (N-methyl/N-ethyl adjacent to an activating group) is 2. The lowest BCUT2D eigenvalue weighted by atomic mass is 9.82.